The van der Waals surface area contributed by atoms with Crippen LogP contribution in [0.15, 0.2) is 23.1 Å². The quantitative estimate of drug-likeness (QED) is 0.675. The smallest absolute Gasteiger partial charge is 0.243 e. The van der Waals surface area contributed by atoms with Crippen LogP contribution in [0.1, 0.15) is 18.9 Å². The second-order valence-electron chi connectivity index (χ2n) is 5.09. The van der Waals surface area contributed by atoms with E-state index in [4.69, 9.17) is 23.2 Å². The van der Waals surface area contributed by atoms with E-state index in [9.17, 15) is 8.42 Å². The molecule has 0 N–H and O–H groups in total. The fourth-order valence-electron chi connectivity index (χ4n) is 1.86. The Morgan fingerprint density at radius 2 is 1.81 bits per heavy atom. The molecule has 21 heavy (non-hydrogen) atoms. The number of rotatable bonds is 8. The first kappa shape index (κ1) is 18.7. The van der Waals surface area contributed by atoms with Crippen molar-refractivity contribution in [2.45, 2.75) is 24.1 Å². The molecule has 0 radical (unpaired) electrons. The van der Waals surface area contributed by atoms with Crippen LogP contribution in [0.25, 0.3) is 0 Å². The molecule has 0 fully saturated rings. The Labute approximate surface area is 137 Å². The molecule has 1 rings (SSSR count). The topological polar surface area (TPSA) is 40.6 Å². The monoisotopic (exact) mass is 352 g/mol. The third-order valence-electron chi connectivity index (χ3n) is 3.08. The third kappa shape index (κ3) is 5.11. The molecule has 0 atom stereocenters. The maximum Gasteiger partial charge on any atom is 0.243 e. The molecule has 0 unspecified atom stereocenters. The van der Waals surface area contributed by atoms with E-state index in [2.05, 4.69) is 0 Å². The van der Waals surface area contributed by atoms with E-state index in [1.807, 2.05) is 25.9 Å². The molecular weight excluding hydrogens is 331 g/mol. The third-order valence-corrected chi connectivity index (χ3v) is 5.61. The van der Waals surface area contributed by atoms with Crippen molar-refractivity contribution < 1.29 is 8.42 Å². The molecule has 0 bridgehead atoms. The summed E-state index contributed by atoms with van der Waals surface area (Å²) >= 11 is 11.8. The van der Waals surface area contributed by atoms with Gasteiger partial charge in [0.1, 0.15) is 0 Å². The molecule has 0 saturated carbocycles. The lowest BCUT2D eigenvalue weighted by atomic mass is 10.2. The molecule has 0 aromatic heterocycles. The van der Waals surface area contributed by atoms with Crippen molar-refractivity contribution in [2.75, 3.05) is 33.7 Å². The molecular formula is C14H22Cl2N2O2S. The highest BCUT2D eigenvalue weighted by molar-refractivity contribution is 7.89. The number of hydrogen-bond donors (Lipinski definition) is 0. The zero-order valence-corrected chi connectivity index (χ0v) is 15.0. The zero-order chi connectivity index (χ0) is 16.0. The van der Waals surface area contributed by atoms with Gasteiger partial charge in [-0.05, 0) is 38.2 Å². The average molecular weight is 353 g/mol. The van der Waals surface area contributed by atoms with Crippen molar-refractivity contribution >= 4 is 33.2 Å². The Hall–Kier alpha value is -0.330. The Bertz CT molecular complexity index is 562. The van der Waals surface area contributed by atoms with Crippen LogP contribution in [0.3, 0.4) is 0 Å². The van der Waals surface area contributed by atoms with Crippen molar-refractivity contribution in [1.29, 1.82) is 0 Å². The second kappa shape index (κ2) is 8.34. The molecule has 0 aliphatic heterocycles. The molecule has 4 nitrogen and oxygen atoms in total. The van der Waals surface area contributed by atoms with Crippen LogP contribution in [0.4, 0.5) is 0 Å². The molecule has 120 valence electrons. The van der Waals surface area contributed by atoms with Crippen LogP contribution < -0.4 is 0 Å². The van der Waals surface area contributed by atoms with E-state index in [1.54, 1.807) is 12.1 Å². The first-order valence-corrected chi connectivity index (χ1v) is 9.17. The van der Waals surface area contributed by atoms with Crippen molar-refractivity contribution in [3.63, 3.8) is 0 Å². The van der Waals surface area contributed by atoms with E-state index < -0.39 is 10.0 Å². The van der Waals surface area contributed by atoms with Gasteiger partial charge in [0.05, 0.1) is 4.90 Å². The van der Waals surface area contributed by atoms with Gasteiger partial charge < -0.3 is 4.90 Å². The minimum atomic E-state index is -3.53. The highest BCUT2D eigenvalue weighted by Gasteiger charge is 2.24. The zero-order valence-electron chi connectivity index (χ0n) is 12.6. The number of likely N-dealkylation sites (N-methyl/N-ethyl adjacent to an activating group) is 1. The maximum atomic E-state index is 12.7. The summed E-state index contributed by atoms with van der Waals surface area (Å²) in [6, 6.07) is 4.71. The predicted molar refractivity (Wildman–Crippen MR) is 88.6 cm³/mol. The summed E-state index contributed by atoms with van der Waals surface area (Å²) in [7, 11) is 0.312. The number of hydrogen-bond acceptors (Lipinski definition) is 3. The fourth-order valence-corrected chi connectivity index (χ4v) is 4.02. The van der Waals surface area contributed by atoms with E-state index in [0.29, 0.717) is 24.7 Å². The highest BCUT2D eigenvalue weighted by atomic mass is 35.5. The largest absolute Gasteiger partial charge is 0.308 e. The van der Waals surface area contributed by atoms with E-state index in [1.165, 1.54) is 10.4 Å². The minimum Gasteiger partial charge on any atom is -0.308 e. The molecule has 7 heteroatoms. The van der Waals surface area contributed by atoms with Crippen molar-refractivity contribution in [2.24, 2.45) is 0 Å². The van der Waals surface area contributed by atoms with Gasteiger partial charge >= 0.3 is 0 Å². The van der Waals surface area contributed by atoms with Gasteiger partial charge in [-0.25, -0.2) is 8.42 Å². The van der Waals surface area contributed by atoms with Gasteiger partial charge in [0.25, 0.3) is 0 Å². The van der Waals surface area contributed by atoms with Crippen LogP contribution in [-0.2, 0) is 15.9 Å². The molecule has 1 aromatic rings. The van der Waals surface area contributed by atoms with E-state index >= 15 is 0 Å². The summed E-state index contributed by atoms with van der Waals surface area (Å²) in [5.74, 6) is 0.262. The number of sulfonamides is 1. The fraction of sp³-hybridized carbons (Fsp3) is 0.571. The van der Waals surface area contributed by atoms with E-state index in [0.717, 1.165) is 12.0 Å². The Morgan fingerprint density at radius 3 is 2.29 bits per heavy atom. The molecule has 0 aliphatic carbocycles. The lowest BCUT2D eigenvalue weighted by molar-refractivity contribution is 0.333. The van der Waals surface area contributed by atoms with Gasteiger partial charge in [-0.15, -0.1) is 11.6 Å². The van der Waals surface area contributed by atoms with Crippen LogP contribution in [0.2, 0.25) is 5.02 Å². The first-order chi connectivity index (χ1) is 9.82. The summed E-state index contributed by atoms with van der Waals surface area (Å²) in [4.78, 5) is 2.18. The normalized spacial score (nSPS) is 12.3. The number of alkyl halides is 1. The standard InChI is InChI=1S/C14H22Cl2N2O2S/c1-4-7-18(9-8-17(2)3)21(19,20)13-6-5-12(11-15)14(16)10-13/h5-6,10H,4,7-9,11H2,1-3H3. The minimum absolute atomic E-state index is 0.216. The van der Waals surface area contributed by atoms with E-state index in [-0.39, 0.29) is 10.8 Å². The molecule has 0 amide bonds. The molecule has 0 aliphatic rings. The van der Waals surface area contributed by atoms with Crippen molar-refractivity contribution in [3.8, 4) is 0 Å². The van der Waals surface area contributed by atoms with Gasteiger partial charge in [-0.3, -0.25) is 0 Å². The molecule has 0 saturated heterocycles. The summed E-state index contributed by atoms with van der Waals surface area (Å²) in [5.41, 5.74) is 0.729. The molecule has 0 spiro atoms. The second-order valence-corrected chi connectivity index (χ2v) is 7.71. The van der Waals surface area contributed by atoms with Crippen LogP contribution in [0.5, 0.6) is 0 Å². The SMILES string of the molecule is CCCN(CCN(C)C)S(=O)(=O)c1ccc(CCl)c(Cl)c1. The maximum absolute atomic E-state index is 12.7. The lowest BCUT2D eigenvalue weighted by Gasteiger charge is -2.23. The Balaban J connectivity index is 3.07. The molecule has 1 aromatic carbocycles. The number of halogens is 2. The lowest BCUT2D eigenvalue weighted by Crippen LogP contribution is -2.37. The first-order valence-electron chi connectivity index (χ1n) is 6.82. The highest BCUT2D eigenvalue weighted by Crippen LogP contribution is 2.24. The summed E-state index contributed by atoms with van der Waals surface area (Å²) < 4.78 is 26.9. The number of benzene rings is 1. The van der Waals surface area contributed by atoms with Crippen LogP contribution in [0, 0.1) is 0 Å². The van der Waals surface area contributed by atoms with Gasteiger partial charge in [0, 0.05) is 30.5 Å². The average Bonchev–Trinajstić information content (AvgIpc) is 2.42. The molecule has 0 heterocycles. The van der Waals surface area contributed by atoms with Gasteiger partial charge in [-0.2, -0.15) is 4.31 Å². The van der Waals surface area contributed by atoms with Crippen molar-refractivity contribution in [1.82, 2.24) is 9.21 Å². The van der Waals surface area contributed by atoms with Crippen molar-refractivity contribution in [3.05, 3.63) is 28.8 Å². The van der Waals surface area contributed by atoms with Gasteiger partial charge in [0.2, 0.25) is 10.0 Å². The van der Waals surface area contributed by atoms with Gasteiger partial charge in [0.15, 0.2) is 0 Å². The number of nitrogens with zero attached hydrogens (tertiary/aromatic N) is 2. The summed E-state index contributed by atoms with van der Waals surface area (Å²) in [5, 5.41) is 0.384. The summed E-state index contributed by atoms with van der Waals surface area (Å²) in [6.07, 6.45) is 0.764. The van der Waals surface area contributed by atoms with Crippen LogP contribution >= 0.6 is 23.2 Å². The van der Waals surface area contributed by atoms with Gasteiger partial charge in [-0.1, -0.05) is 24.6 Å². The Kier molecular flexibility index (Phi) is 7.44. The predicted octanol–water partition coefficient (Wildman–Crippen LogP) is 3.04. The van der Waals surface area contributed by atoms with Crippen LogP contribution in [-0.4, -0.2) is 51.4 Å². The Morgan fingerprint density at radius 1 is 1.14 bits per heavy atom. The summed E-state index contributed by atoms with van der Waals surface area (Å²) in [6.45, 7) is 3.58.